The molecule has 12 nitrogen and oxygen atoms in total. The zero-order chi connectivity index (χ0) is 29.1. The van der Waals surface area contributed by atoms with Gasteiger partial charge in [0.05, 0.1) is 25.9 Å². The Labute approximate surface area is 247 Å². The third-order valence-corrected chi connectivity index (χ3v) is 7.68. The van der Waals surface area contributed by atoms with Gasteiger partial charge in [0, 0.05) is 36.9 Å². The highest BCUT2D eigenvalue weighted by molar-refractivity contribution is 6.35. The Hall–Kier alpha value is -3.61. The maximum atomic E-state index is 5.91. The predicted molar refractivity (Wildman–Crippen MR) is 161 cm³/mol. The maximum absolute atomic E-state index is 5.91. The van der Waals surface area contributed by atoms with Crippen LogP contribution in [0.2, 0.25) is 10.4 Å². The summed E-state index contributed by atoms with van der Waals surface area (Å²) < 4.78 is 9.54. The zero-order valence-corrected chi connectivity index (χ0v) is 25.0. The first kappa shape index (κ1) is 28.9. The molecule has 1 aliphatic rings. The van der Waals surface area contributed by atoms with Gasteiger partial charge in [-0.15, -0.1) is 0 Å². The second-order valence-electron chi connectivity index (χ2n) is 9.89. The van der Waals surface area contributed by atoms with E-state index >= 15 is 0 Å². The molecule has 0 bridgehead atoms. The molecule has 6 rings (SSSR count). The standard InChI is InChI=1S/C18H23N7O.C9H10Cl2N4/c1-3-12(2)25-11-21-16-15(13-4-5-14(19)20-10-13)22-18(23-17(16)25)24-6-8-26-9-7-24;1-3-5(2)15-4-12-6-7(10)13-9(11)14-8(6)15/h4-5,10-12H,3,6-9H2,1-2H3,(H2,19,20);4-5H,3H2,1-2H3. The highest BCUT2D eigenvalue weighted by Crippen LogP contribution is 2.30. The summed E-state index contributed by atoms with van der Waals surface area (Å²) in [4.78, 5) is 32.8. The number of imidazole rings is 2. The average molecular weight is 599 g/mol. The summed E-state index contributed by atoms with van der Waals surface area (Å²) in [5, 5.41) is 0.449. The first-order valence-electron chi connectivity index (χ1n) is 13.6. The lowest BCUT2D eigenvalue weighted by atomic mass is 10.2. The summed E-state index contributed by atoms with van der Waals surface area (Å²) in [5.74, 6) is 1.19. The Kier molecular flexibility index (Phi) is 8.81. The van der Waals surface area contributed by atoms with E-state index in [2.05, 4.69) is 62.1 Å². The molecule has 1 saturated heterocycles. The largest absolute Gasteiger partial charge is 0.384 e. The van der Waals surface area contributed by atoms with Crippen LogP contribution in [0.4, 0.5) is 11.8 Å². The first-order chi connectivity index (χ1) is 19.8. The average Bonchev–Trinajstić information content (AvgIpc) is 3.62. The van der Waals surface area contributed by atoms with Crippen LogP contribution in [0, 0.1) is 0 Å². The van der Waals surface area contributed by atoms with Gasteiger partial charge in [-0.2, -0.15) is 9.97 Å². The van der Waals surface area contributed by atoms with Gasteiger partial charge in [0.1, 0.15) is 22.5 Å². The SMILES string of the molecule is CCC(C)n1cnc2c(-c3ccc(N)nc3)nc(N3CCOCC3)nc21.CCC(C)n1cnc2c(Cl)nc(Cl)nc21. The number of morpholine rings is 1. The minimum absolute atomic E-state index is 0.151. The number of pyridine rings is 1. The van der Waals surface area contributed by atoms with Crippen LogP contribution in [0.15, 0.2) is 31.0 Å². The summed E-state index contributed by atoms with van der Waals surface area (Å²) in [6, 6.07) is 4.33. The van der Waals surface area contributed by atoms with Crippen molar-refractivity contribution in [2.24, 2.45) is 0 Å². The van der Waals surface area contributed by atoms with Gasteiger partial charge in [0.2, 0.25) is 11.2 Å². The molecule has 0 aromatic carbocycles. The van der Waals surface area contributed by atoms with Crippen molar-refractivity contribution in [2.45, 2.75) is 52.6 Å². The van der Waals surface area contributed by atoms with Crippen LogP contribution in [0.1, 0.15) is 52.6 Å². The Morgan fingerprint density at radius 2 is 1.49 bits per heavy atom. The molecule has 6 heterocycles. The lowest BCUT2D eigenvalue weighted by Crippen LogP contribution is -2.37. The van der Waals surface area contributed by atoms with Gasteiger partial charge in [-0.1, -0.05) is 25.4 Å². The van der Waals surface area contributed by atoms with E-state index < -0.39 is 0 Å². The minimum atomic E-state index is 0.151. The number of halogens is 2. The van der Waals surface area contributed by atoms with Crippen molar-refractivity contribution in [1.29, 1.82) is 0 Å². The van der Waals surface area contributed by atoms with Gasteiger partial charge in [0.15, 0.2) is 16.4 Å². The van der Waals surface area contributed by atoms with Crippen molar-refractivity contribution in [2.75, 3.05) is 36.9 Å². The topological polar surface area (TPSA) is 139 Å². The van der Waals surface area contributed by atoms with E-state index in [4.69, 9.17) is 43.6 Å². The van der Waals surface area contributed by atoms with Crippen LogP contribution < -0.4 is 10.6 Å². The molecule has 2 N–H and O–H groups in total. The monoisotopic (exact) mass is 597 g/mol. The number of nitrogen functional groups attached to an aromatic ring is 1. The van der Waals surface area contributed by atoms with E-state index in [0.29, 0.717) is 53.4 Å². The van der Waals surface area contributed by atoms with Gasteiger partial charge in [-0.25, -0.2) is 24.9 Å². The molecule has 41 heavy (non-hydrogen) atoms. The van der Waals surface area contributed by atoms with Crippen LogP contribution in [0.25, 0.3) is 33.6 Å². The number of hydrogen-bond acceptors (Lipinski definition) is 10. The molecule has 2 unspecified atom stereocenters. The molecule has 2 atom stereocenters. The van der Waals surface area contributed by atoms with E-state index in [1.165, 1.54) is 0 Å². The van der Waals surface area contributed by atoms with Crippen molar-refractivity contribution >= 4 is 57.3 Å². The maximum Gasteiger partial charge on any atom is 0.228 e. The fraction of sp³-hybridized carbons (Fsp3) is 0.444. The predicted octanol–water partition coefficient (Wildman–Crippen LogP) is 5.38. The zero-order valence-electron chi connectivity index (χ0n) is 23.5. The van der Waals surface area contributed by atoms with Crippen LogP contribution in [0.3, 0.4) is 0 Å². The molecule has 1 aliphatic heterocycles. The van der Waals surface area contributed by atoms with Crippen molar-refractivity contribution in [1.82, 2.24) is 44.0 Å². The minimum Gasteiger partial charge on any atom is -0.384 e. The van der Waals surface area contributed by atoms with E-state index in [1.807, 2.05) is 17.0 Å². The Balaban J connectivity index is 0.000000191. The van der Waals surface area contributed by atoms with Crippen molar-refractivity contribution in [3.8, 4) is 11.3 Å². The highest BCUT2D eigenvalue weighted by Gasteiger charge is 2.21. The van der Waals surface area contributed by atoms with Gasteiger partial charge < -0.3 is 24.5 Å². The number of rotatable bonds is 6. The second-order valence-corrected chi connectivity index (χ2v) is 10.6. The first-order valence-corrected chi connectivity index (χ1v) is 14.4. The molecule has 5 aromatic heterocycles. The number of nitrogens with two attached hydrogens (primary N) is 1. The van der Waals surface area contributed by atoms with Crippen LogP contribution in [-0.4, -0.2) is 70.3 Å². The highest BCUT2D eigenvalue weighted by atomic mass is 35.5. The van der Waals surface area contributed by atoms with Gasteiger partial charge in [-0.05, 0) is 50.4 Å². The van der Waals surface area contributed by atoms with Gasteiger partial charge in [0.25, 0.3) is 0 Å². The van der Waals surface area contributed by atoms with Gasteiger partial charge in [-0.3, -0.25) is 0 Å². The number of nitrogens with zero attached hydrogens (tertiary/aromatic N) is 10. The molecule has 1 fully saturated rings. The molecule has 0 radical (unpaired) electrons. The second kappa shape index (κ2) is 12.5. The fourth-order valence-electron chi connectivity index (χ4n) is 4.45. The van der Waals surface area contributed by atoms with Crippen molar-refractivity contribution in [3.05, 3.63) is 41.4 Å². The third-order valence-electron chi connectivity index (χ3n) is 7.25. The summed E-state index contributed by atoms with van der Waals surface area (Å²) in [7, 11) is 0. The Morgan fingerprint density at radius 1 is 0.854 bits per heavy atom. The van der Waals surface area contributed by atoms with Crippen LogP contribution >= 0.6 is 23.2 Å². The van der Waals surface area contributed by atoms with Gasteiger partial charge >= 0.3 is 0 Å². The third kappa shape index (κ3) is 6.04. The molecule has 5 aromatic rings. The fourth-order valence-corrected chi connectivity index (χ4v) is 4.87. The Bertz CT molecular complexity index is 1630. The van der Waals surface area contributed by atoms with Crippen molar-refractivity contribution < 1.29 is 4.74 Å². The normalized spacial score (nSPS) is 15.1. The quantitative estimate of drug-likeness (QED) is 0.200. The van der Waals surface area contributed by atoms with E-state index in [-0.39, 0.29) is 5.28 Å². The molecular formula is C27H33Cl2N11O. The molecule has 0 aliphatic carbocycles. The molecule has 0 spiro atoms. The van der Waals surface area contributed by atoms with Crippen LogP contribution in [0.5, 0.6) is 0 Å². The van der Waals surface area contributed by atoms with E-state index in [0.717, 1.165) is 48.4 Å². The number of hydrogen-bond donors (Lipinski definition) is 1. The lowest BCUT2D eigenvalue weighted by Gasteiger charge is -2.27. The molecule has 0 amide bonds. The molecule has 216 valence electrons. The lowest BCUT2D eigenvalue weighted by molar-refractivity contribution is 0.122. The van der Waals surface area contributed by atoms with Crippen molar-refractivity contribution in [3.63, 3.8) is 0 Å². The number of anilines is 2. The summed E-state index contributed by atoms with van der Waals surface area (Å²) in [6.45, 7) is 11.4. The summed E-state index contributed by atoms with van der Waals surface area (Å²) in [6.07, 6.45) is 7.30. The van der Waals surface area contributed by atoms with E-state index in [9.17, 15) is 0 Å². The number of ether oxygens (including phenoxy) is 1. The van der Waals surface area contributed by atoms with E-state index in [1.54, 1.807) is 18.6 Å². The van der Waals surface area contributed by atoms with Crippen LogP contribution in [-0.2, 0) is 4.74 Å². The smallest absolute Gasteiger partial charge is 0.228 e. The summed E-state index contributed by atoms with van der Waals surface area (Å²) >= 11 is 11.7. The molecular weight excluding hydrogens is 565 g/mol. The number of aromatic nitrogens is 9. The Morgan fingerprint density at radius 3 is 2.10 bits per heavy atom. The summed E-state index contributed by atoms with van der Waals surface area (Å²) in [5.41, 5.74) is 10.3. The molecule has 0 saturated carbocycles. The molecule has 14 heteroatoms. The number of fused-ring (bicyclic) bond motifs is 2.